The molecule has 2 heterocycles. The summed E-state index contributed by atoms with van der Waals surface area (Å²) in [7, 11) is 0. The van der Waals surface area contributed by atoms with Gasteiger partial charge >= 0.3 is 0 Å². The van der Waals surface area contributed by atoms with Crippen LogP contribution in [0.5, 0.6) is 5.75 Å². The van der Waals surface area contributed by atoms with Crippen molar-refractivity contribution in [3.05, 3.63) is 49.1 Å². The Morgan fingerprint density at radius 3 is 3.00 bits per heavy atom. The Hall–Kier alpha value is -2.63. The zero-order valence-corrected chi connectivity index (χ0v) is 12.1. The number of rotatable bonds is 4. The molecule has 1 saturated carbocycles. The minimum atomic E-state index is 0.146. The van der Waals surface area contributed by atoms with Crippen molar-refractivity contribution in [2.75, 3.05) is 5.32 Å². The molecule has 0 spiro atoms. The average Bonchev–Trinajstić information content (AvgIpc) is 3.19. The van der Waals surface area contributed by atoms with Crippen LogP contribution in [0.3, 0.4) is 0 Å². The Kier molecular flexibility index (Phi) is 3.34. The molecule has 0 radical (unpaired) electrons. The summed E-state index contributed by atoms with van der Waals surface area (Å²) in [6, 6.07) is 10.2. The van der Waals surface area contributed by atoms with Gasteiger partial charge in [0.05, 0.1) is 6.04 Å². The summed E-state index contributed by atoms with van der Waals surface area (Å²) in [5.41, 5.74) is 0.743. The number of nitrogens with one attached hydrogen (secondary N) is 1. The molecule has 0 aliphatic heterocycles. The quantitative estimate of drug-likeness (QED) is 0.801. The van der Waals surface area contributed by atoms with Gasteiger partial charge in [-0.25, -0.2) is 4.98 Å². The van der Waals surface area contributed by atoms with Crippen LogP contribution in [0.25, 0.3) is 5.65 Å². The predicted molar refractivity (Wildman–Crippen MR) is 82.9 cm³/mol. The van der Waals surface area contributed by atoms with Crippen LogP contribution in [0.1, 0.15) is 19.3 Å². The summed E-state index contributed by atoms with van der Waals surface area (Å²) in [6.45, 7) is 0. The van der Waals surface area contributed by atoms with E-state index < -0.39 is 0 Å². The lowest BCUT2D eigenvalue weighted by molar-refractivity contribution is 0.198. The van der Waals surface area contributed by atoms with Gasteiger partial charge in [-0.05, 0) is 31.4 Å². The topological polar surface area (TPSA) is 64.3 Å². The molecule has 1 aliphatic rings. The van der Waals surface area contributed by atoms with E-state index in [1.54, 1.807) is 12.5 Å². The second-order valence-corrected chi connectivity index (χ2v) is 5.49. The van der Waals surface area contributed by atoms with Crippen LogP contribution in [0.4, 0.5) is 5.82 Å². The molecule has 6 heteroatoms. The Bertz CT molecular complexity index is 757. The van der Waals surface area contributed by atoms with E-state index in [1.165, 1.54) is 0 Å². The molecule has 1 aliphatic carbocycles. The molecule has 6 nitrogen and oxygen atoms in total. The van der Waals surface area contributed by atoms with E-state index >= 15 is 0 Å². The first-order valence-electron chi connectivity index (χ1n) is 7.53. The lowest BCUT2D eigenvalue weighted by Crippen LogP contribution is -2.33. The number of fused-ring (bicyclic) bond motifs is 1. The number of benzene rings is 1. The summed E-state index contributed by atoms with van der Waals surface area (Å²) < 4.78 is 7.98. The molecule has 2 aromatic heterocycles. The van der Waals surface area contributed by atoms with Crippen LogP contribution < -0.4 is 10.1 Å². The van der Waals surface area contributed by atoms with Gasteiger partial charge in [0.15, 0.2) is 5.82 Å². The molecule has 1 fully saturated rings. The third kappa shape index (κ3) is 2.47. The van der Waals surface area contributed by atoms with Crippen LogP contribution in [0.15, 0.2) is 49.1 Å². The van der Waals surface area contributed by atoms with E-state index in [4.69, 9.17) is 4.74 Å². The highest BCUT2D eigenvalue weighted by molar-refractivity contribution is 5.62. The van der Waals surface area contributed by atoms with Crippen molar-refractivity contribution in [1.82, 2.24) is 19.6 Å². The zero-order chi connectivity index (χ0) is 14.8. The number of hydrogen-bond donors (Lipinski definition) is 1. The molecular weight excluding hydrogens is 278 g/mol. The molecule has 22 heavy (non-hydrogen) atoms. The maximum Gasteiger partial charge on any atom is 0.203 e. The van der Waals surface area contributed by atoms with Crippen LogP contribution in [0, 0.1) is 0 Å². The lowest BCUT2D eigenvalue weighted by atomic mass is 10.2. The molecular formula is C16H17N5O. The number of anilines is 1. The van der Waals surface area contributed by atoms with E-state index in [-0.39, 0.29) is 12.1 Å². The van der Waals surface area contributed by atoms with Gasteiger partial charge in [0.1, 0.15) is 18.2 Å². The average molecular weight is 295 g/mol. The maximum absolute atomic E-state index is 6.12. The van der Waals surface area contributed by atoms with Crippen molar-refractivity contribution >= 4 is 11.5 Å². The highest BCUT2D eigenvalue weighted by atomic mass is 16.5. The van der Waals surface area contributed by atoms with Gasteiger partial charge in [-0.2, -0.15) is 0 Å². The SMILES string of the molecule is c1ccc(O[C@H]2CCC[C@H]2Nc2nccn3cnnc23)cc1. The van der Waals surface area contributed by atoms with Gasteiger partial charge in [-0.3, -0.25) is 4.40 Å². The number of ether oxygens (including phenoxy) is 1. The van der Waals surface area contributed by atoms with Gasteiger partial charge in [-0.1, -0.05) is 18.2 Å². The minimum absolute atomic E-state index is 0.146. The zero-order valence-electron chi connectivity index (χ0n) is 12.1. The Balaban J connectivity index is 1.53. The second kappa shape index (κ2) is 5.63. The van der Waals surface area contributed by atoms with Crippen LogP contribution in [0.2, 0.25) is 0 Å². The molecule has 0 amide bonds. The summed E-state index contributed by atoms with van der Waals surface area (Å²) in [4.78, 5) is 4.39. The van der Waals surface area contributed by atoms with E-state index in [0.717, 1.165) is 36.5 Å². The van der Waals surface area contributed by atoms with Crippen molar-refractivity contribution in [3.63, 3.8) is 0 Å². The maximum atomic E-state index is 6.12. The van der Waals surface area contributed by atoms with Crippen molar-refractivity contribution in [3.8, 4) is 5.75 Å². The number of nitrogens with zero attached hydrogens (tertiary/aromatic N) is 4. The first kappa shape index (κ1) is 13.1. The molecule has 1 N–H and O–H groups in total. The van der Waals surface area contributed by atoms with Crippen LogP contribution >= 0.6 is 0 Å². The van der Waals surface area contributed by atoms with Crippen molar-refractivity contribution < 1.29 is 4.74 Å². The van der Waals surface area contributed by atoms with Gasteiger partial charge in [-0.15, -0.1) is 10.2 Å². The monoisotopic (exact) mass is 295 g/mol. The number of aromatic nitrogens is 4. The van der Waals surface area contributed by atoms with Crippen LogP contribution in [-0.2, 0) is 0 Å². The van der Waals surface area contributed by atoms with Crippen molar-refractivity contribution in [1.29, 1.82) is 0 Å². The first-order chi connectivity index (χ1) is 10.9. The molecule has 0 bridgehead atoms. The molecule has 3 aromatic rings. The smallest absolute Gasteiger partial charge is 0.203 e. The molecule has 0 saturated heterocycles. The van der Waals surface area contributed by atoms with E-state index in [9.17, 15) is 0 Å². The minimum Gasteiger partial charge on any atom is -0.488 e. The predicted octanol–water partition coefficient (Wildman–Crippen LogP) is 2.54. The largest absolute Gasteiger partial charge is 0.488 e. The Morgan fingerprint density at radius 2 is 2.09 bits per heavy atom. The Morgan fingerprint density at radius 1 is 1.18 bits per heavy atom. The molecule has 1 aromatic carbocycles. The molecule has 2 atom stereocenters. The third-order valence-corrected chi connectivity index (χ3v) is 4.02. The fourth-order valence-corrected chi connectivity index (χ4v) is 2.94. The summed E-state index contributed by atoms with van der Waals surface area (Å²) in [5.74, 6) is 1.67. The van der Waals surface area contributed by atoms with E-state index in [0.29, 0.717) is 0 Å². The lowest BCUT2D eigenvalue weighted by Gasteiger charge is -2.22. The highest BCUT2D eigenvalue weighted by Gasteiger charge is 2.29. The fraction of sp³-hybridized carbons (Fsp3) is 0.312. The van der Waals surface area contributed by atoms with E-state index in [1.807, 2.05) is 40.9 Å². The molecule has 4 rings (SSSR count). The summed E-state index contributed by atoms with van der Waals surface area (Å²) in [5, 5.41) is 11.5. The van der Waals surface area contributed by atoms with E-state index in [2.05, 4.69) is 20.5 Å². The summed E-state index contributed by atoms with van der Waals surface area (Å²) >= 11 is 0. The first-order valence-corrected chi connectivity index (χ1v) is 7.53. The molecule has 112 valence electrons. The van der Waals surface area contributed by atoms with Crippen molar-refractivity contribution in [2.24, 2.45) is 0 Å². The third-order valence-electron chi connectivity index (χ3n) is 4.02. The fourth-order valence-electron chi connectivity index (χ4n) is 2.94. The second-order valence-electron chi connectivity index (χ2n) is 5.49. The highest BCUT2D eigenvalue weighted by Crippen LogP contribution is 2.27. The number of para-hydroxylation sites is 1. The molecule has 0 unspecified atom stereocenters. The van der Waals surface area contributed by atoms with Gasteiger partial charge in [0.2, 0.25) is 5.65 Å². The normalized spacial score (nSPS) is 21.1. The summed E-state index contributed by atoms with van der Waals surface area (Å²) in [6.07, 6.45) is 8.66. The standard InChI is InChI=1S/C16H17N5O/c1-2-5-12(6-3-1)22-14-8-4-7-13(14)19-15-16-20-18-11-21(16)10-9-17-15/h1-3,5-6,9-11,13-14H,4,7-8H2,(H,17,19)/t13-,14+/m1/s1. The van der Waals surface area contributed by atoms with Gasteiger partial charge in [0, 0.05) is 12.4 Å². The Labute approximate surface area is 128 Å². The van der Waals surface area contributed by atoms with Gasteiger partial charge < -0.3 is 10.1 Å². The number of hydrogen-bond acceptors (Lipinski definition) is 5. The van der Waals surface area contributed by atoms with Crippen molar-refractivity contribution in [2.45, 2.75) is 31.4 Å². The van der Waals surface area contributed by atoms with Crippen LogP contribution in [-0.4, -0.2) is 31.7 Å². The van der Waals surface area contributed by atoms with Gasteiger partial charge in [0.25, 0.3) is 0 Å².